The lowest BCUT2D eigenvalue weighted by molar-refractivity contribution is 0.353. The molecule has 0 fully saturated rings. The van der Waals surface area contributed by atoms with Crippen LogP contribution < -0.4 is 9.46 Å². The lowest BCUT2D eigenvalue weighted by atomic mass is 9.96. The molecule has 0 saturated heterocycles. The zero-order valence-electron chi connectivity index (χ0n) is 11.0. The van der Waals surface area contributed by atoms with E-state index in [0.717, 1.165) is 17.7 Å². The lowest BCUT2D eigenvalue weighted by Gasteiger charge is -2.13. The average molecular weight is 269 g/mol. The molecule has 0 aromatic heterocycles. The molecule has 0 saturated carbocycles. The van der Waals surface area contributed by atoms with Crippen LogP contribution in [0.5, 0.6) is 5.75 Å². The zero-order valence-corrected chi connectivity index (χ0v) is 11.8. The summed E-state index contributed by atoms with van der Waals surface area (Å²) in [5.74, 6) is 1.28. The van der Waals surface area contributed by atoms with Crippen LogP contribution in [-0.2, 0) is 23.0 Å². The topological polar surface area (TPSA) is 55.4 Å². The second kappa shape index (κ2) is 4.90. The van der Waals surface area contributed by atoms with Crippen LogP contribution in [0, 0.1) is 0 Å². The summed E-state index contributed by atoms with van der Waals surface area (Å²) in [4.78, 5) is 0. The van der Waals surface area contributed by atoms with E-state index in [4.69, 9.17) is 4.74 Å². The van der Waals surface area contributed by atoms with Crippen LogP contribution in [0.25, 0.3) is 0 Å². The highest BCUT2D eigenvalue weighted by Crippen LogP contribution is 2.33. The summed E-state index contributed by atoms with van der Waals surface area (Å²) in [5.41, 5.74) is 3.34. The molecule has 1 aromatic rings. The molecule has 0 aliphatic carbocycles. The first-order valence-electron chi connectivity index (χ1n) is 6.10. The van der Waals surface area contributed by atoms with Gasteiger partial charge in [-0.05, 0) is 17.0 Å². The number of nitrogens with one attached hydrogen (secondary N) is 1. The predicted molar refractivity (Wildman–Crippen MR) is 71.4 cm³/mol. The second-order valence-electron chi connectivity index (χ2n) is 5.01. The summed E-state index contributed by atoms with van der Waals surface area (Å²) in [6.45, 7) is 5.24. The molecular formula is C13H19NO3S. The van der Waals surface area contributed by atoms with Gasteiger partial charge in [-0.2, -0.15) is 0 Å². The molecule has 0 amide bonds. The Morgan fingerprint density at radius 2 is 2.11 bits per heavy atom. The smallest absolute Gasteiger partial charge is 0.209 e. The van der Waals surface area contributed by atoms with E-state index in [1.54, 1.807) is 0 Å². The van der Waals surface area contributed by atoms with Crippen molar-refractivity contribution < 1.29 is 13.2 Å². The van der Waals surface area contributed by atoms with Gasteiger partial charge in [-0.15, -0.1) is 0 Å². The average Bonchev–Trinajstić information content (AvgIpc) is 2.72. The summed E-state index contributed by atoms with van der Waals surface area (Å²) in [6.07, 6.45) is 2.07. The molecule has 5 heteroatoms. The van der Waals surface area contributed by atoms with Crippen molar-refractivity contribution in [2.24, 2.45) is 0 Å². The van der Waals surface area contributed by atoms with E-state index in [2.05, 4.69) is 24.6 Å². The standard InChI is InChI=1S/C13H19NO3S/c1-9(2)11-6-10-4-5-17-13(10)12(7-11)8-14-18(3,15)16/h6-7,9,14H,4-5,8H2,1-3H3. The maximum Gasteiger partial charge on any atom is 0.209 e. The summed E-state index contributed by atoms with van der Waals surface area (Å²) >= 11 is 0. The Balaban J connectivity index is 2.33. The molecule has 1 aromatic carbocycles. The normalized spacial score (nSPS) is 14.7. The largest absolute Gasteiger partial charge is 0.493 e. The van der Waals surface area contributed by atoms with Crippen molar-refractivity contribution in [1.82, 2.24) is 4.72 Å². The molecule has 2 rings (SSSR count). The molecule has 0 radical (unpaired) electrons. The number of fused-ring (bicyclic) bond motifs is 1. The van der Waals surface area contributed by atoms with Crippen LogP contribution >= 0.6 is 0 Å². The van der Waals surface area contributed by atoms with Gasteiger partial charge in [0.25, 0.3) is 0 Å². The van der Waals surface area contributed by atoms with Crippen molar-refractivity contribution in [3.63, 3.8) is 0 Å². The third-order valence-corrected chi connectivity index (χ3v) is 3.74. The van der Waals surface area contributed by atoms with Crippen molar-refractivity contribution in [2.45, 2.75) is 32.7 Å². The first-order chi connectivity index (χ1) is 8.37. The van der Waals surface area contributed by atoms with Gasteiger partial charge in [0.15, 0.2) is 0 Å². The molecule has 0 unspecified atom stereocenters. The summed E-state index contributed by atoms with van der Waals surface area (Å²) in [6, 6.07) is 4.20. The highest BCUT2D eigenvalue weighted by atomic mass is 32.2. The number of sulfonamides is 1. The number of benzene rings is 1. The monoisotopic (exact) mass is 269 g/mol. The fourth-order valence-electron chi connectivity index (χ4n) is 2.09. The Morgan fingerprint density at radius 3 is 2.72 bits per heavy atom. The van der Waals surface area contributed by atoms with E-state index in [-0.39, 0.29) is 0 Å². The number of hydrogen-bond acceptors (Lipinski definition) is 3. The van der Waals surface area contributed by atoms with E-state index in [1.165, 1.54) is 17.4 Å². The van der Waals surface area contributed by atoms with Gasteiger partial charge < -0.3 is 4.74 Å². The van der Waals surface area contributed by atoms with Gasteiger partial charge in [0.05, 0.1) is 12.9 Å². The summed E-state index contributed by atoms with van der Waals surface area (Å²) in [5, 5.41) is 0. The molecule has 1 heterocycles. The zero-order chi connectivity index (χ0) is 13.3. The van der Waals surface area contributed by atoms with E-state index in [0.29, 0.717) is 19.1 Å². The van der Waals surface area contributed by atoms with Crippen molar-refractivity contribution in [3.05, 3.63) is 28.8 Å². The quantitative estimate of drug-likeness (QED) is 0.906. The Hall–Kier alpha value is -1.07. The number of hydrogen-bond donors (Lipinski definition) is 1. The highest BCUT2D eigenvalue weighted by Gasteiger charge is 2.19. The van der Waals surface area contributed by atoms with E-state index in [1.807, 2.05) is 6.07 Å². The van der Waals surface area contributed by atoms with Gasteiger partial charge in [0.2, 0.25) is 10.0 Å². The Bertz CT molecular complexity index is 550. The number of ether oxygens (including phenoxy) is 1. The number of rotatable bonds is 4. The van der Waals surface area contributed by atoms with Crippen molar-refractivity contribution in [2.75, 3.05) is 12.9 Å². The molecule has 0 spiro atoms. The predicted octanol–water partition coefficient (Wildman–Crippen LogP) is 1.79. The molecule has 1 aliphatic rings. The van der Waals surface area contributed by atoms with Gasteiger partial charge in [-0.25, -0.2) is 13.1 Å². The lowest BCUT2D eigenvalue weighted by Crippen LogP contribution is -2.21. The molecule has 0 bridgehead atoms. The minimum Gasteiger partial charge on any atom is -0.493 e. The van der Waals surface area contributed by atoms with Gasteiger partial charge in [-0.3, -0.25) is 0 Å². The molecule has 1 aliphatic heterocycles. The van der Waals surface area contributed by atoms with Crippen LogP contribution in [-0.4, -0.2) is 21.3 Å². The van der Waals surface area contributed by atoms with Crippen molar-refractivity contribution in [3.8, 4) is 5.75 Å². The Labute approximate surface area is 108 Å². The molecule has 0 atom stereocenters. The molecule has 1 N–H and O–H groups in total. The Kier molecular flexibility index (Phi) is 3.64. The fourth-order valence-corrected chi connectivity index (χ4v) is 2.51. The maximum atomic E-state index is 11.2. The van der Waals surface area contributed by atoms with E-state index >= 15 is 0 Å². The minimum absolute atomic E-state index is 0.293. The summed E-state index contributed by atoms with van der Waals surface area (Å²) < 4.78 is 30.5. The highest BCUT2D eigenvalue weighted by molar-refractivity contribution is 7.88. The van der Waals surface area contributed by atoms with Gasteiger partial charge >= 0.3 is 0 Å². The van der Waals surface area contributed by atoms with E-state index in [9.17, 15) is 8.42 Å². The van der Waals surface area contributed by atoms with Crippen LogP contribution in [0.3, 0.4) is 0 Å². The van der Waals surface area contributed by atoms with Crippen LogP contribution in [0.15, 0.2) is 12.1 Å². The van der Waals surface area contributed by atoms with E-state index < -0.39 is 10.0 Å². The second-order valence-corrected chi connectivity index (χ2v) is 6.85. The van der Waals surface area contributed by atoms with Crippen LogP contribution in [0.2, 0.25) is 0 Å². The third kappa shape index (κ3) is 3.03. The van der Waals surface area contributed by atoms with Crippen molar-refractivity contribution >= 4 is 10.0 Å². The first kappa shape index (κ1) is 13.4. The van der Waals surface area contributed by atoms with Crippen LogP contribution in [0.1, 0.15) is 36.5 Å². The van der Waals surface area contributed by atoms with Gasteiger partial charge in [-0.1, -0.05) is 26.0 Å². The minimum atomic E-state index is -3.18. The third-order valence-electron chi connectivity index (χ3n) is 3.07. The van der Waals surface area contributed by atoms with Gasteiger partial charge in [0, 0.05) is 18.5 Å². The SMILES string of the molecule is CC(C)c1cc2c(c(CNS(C)(=O)=O)c1)OCC2. The fraction of sp³-hybridized carbons (Fsp3) is 0.538. The van der Waals surface area contributed by atoms with Gasteiger partial charge in [0.1, 0.15) is 5.75 Å². The molecule has 100 valence electrons. The summed E-state index contributed by atoms with van der Waals surface area (Å²) in [7, 11) is -3.18. The maximum absolute atomic E-state index is 11.2. The van der Waals surface area contributed by atoms with Crippen LogP contribution in [0.4, 0.5) is 0 Å². The van der Waals surface area contributed by atoms with Crippen molar-refractivity contribution in [1.29, 1.82) is 0 Å². The molecular weight excluding hydrogens is 250 g/mol. The molecule has 18 heavy (non-hydrogen) atoms. The first-order valence-corrected chi connectivity index (χ1v) is 7.99. The molecule has 4 nitrogen and oxygen atoms in total. The Morgan fingerprint density at radius 1 is 1.39 bits per heavy atom.